The van der Waals surface area contributed by atoms with E-state index in [2.05, 4.69) is 31.3 Å². The van der Waals surface area contributed by atoms with Crippen molar-refractivity contribution in [3.63, 3.8) is 0 Å². The van der Waals surface area contributed by atoms with Gasteiger partial charge >= 0.3 is 0 Å². The maximum atomic E-state index is 12.5. The highest BCUT2D eigenvalue weighted by Crippen LogP contribution is 2.18. The third kappa shape index (κ3) is 49.0. The van der Waals surface area contributed by atoms with Crippen LogP contribution in [0.1, 0.15) is 335 Å². The van der Waals surface area contributed by atoms with Crippen molar-refractivity contribution in [2.75, 3.05) is 6.61 Å². The average molecular weight is 905 g/mol. The van der Waals surface area contributed by atoms with Crippen molar-refractivity contribution < 1.29 is 20.1 Å². The van der Waals surface area contributed by atoms with Crippen LogP contribution in [0.15, 0.2) is 12.2 Å². The number of nitrogens with one attached hydrogen (secondary N) is 1. The molecule has 0 spiro atoms. The zero-order valence-corrected chi connectivity index (χ0v) is 43.7. The highest BCUT2D eigenvalue weighted by atomic mass is 16.3. The summed E-state index contributed by atoms with van der Waals surface area (Å²) >= 11 is 0. The molecule has 4 N–H and O–H groups in total. The number of carbonyl (C=O) groups excluding carboxylic acids is 1. The molecule has 0 aliphatic carbocycles. The van der Waals surface area contributed by atoms with Crippen molar-refractivity contribution in [3.8, 4) is 0 Å². The van der Waals surface area contributed by atoms with E-state index in [0.29, 0.717) is 12.8 Å². The molecule has 1 amide bonds. The Morgan fingerprint density at radius 1 is 0.375 bits per heavy atom. The molecule has 64 heavy (non-hydrogen) atoms. The Balaban J connectivity index is 3.47. The first-order valence-corrected chi connectivity index (χ1v) is 29.5. The predicted molar refractivity (Wildman–Crippen MR) is 282 cm³/mol. The van der Waals surface area contributed by atoms with Gasteiger partial charge in [-0.1, -0.05) is 302 Å². The van der Waals surface area contributed by atoms with E-state index < -0.39 is 18.2 Å². The number of hydrogen-bond acceptors (Lipinski definition) is 4. The number of aliphatic hydroxyl groups excluding tert-OH is 3. The quantitative estimate of drug-likeness (QED) is 0.0362. The standard InChI is InChI=1S/C59H117NO4/c1-3-5-7-9-11-13-15-17-19-21-23-24-25-26-27-28-29-30-31-32-33-34-35-36-38-40-42-44-46-48-50-52-54-58(63)60-56(55-61)59(64)57(62)53-51-49-47-45-43-41-39-37-22-20-18-16-14-12-10-8-6-4-2/h26-27,56-57,59,61-62,64H,3-25,28-55H2,1-2H3,(H,60,63)/b27-26-. The van der Waals surface area contributed by atoms with E-state index in [1.54, 1.807) is 0 Å². The lowest BCUT2D eigenvalue weighted by Crippen LogP contribution is -2.50. The van der Waals surface area contributed by atoms with Crippen LogP contribution in [0.2, 0.25) is 0 Å². The zero-order valence-electron chi connectivity index (χ0n) is 43.7. The molecule has 5 heteroatoms. The number of aliphatic hydroxyl groups is 3. The van der Waals surface area contributed by atoms with Crippen LogP contribution >= 0.6 is 0 Å². The third-order valence-electron chi connectivity index (χ3n) is 14.1. The van der Waals surface area contributed by atoms with Crippen molar-refractivity contribution in [1.29, 1.82) is 0 Å². The largest absolute Gasteiger partial charge is 0.394 e. The van der Waals surface area contributed by atoms with Crippen LogP contribution in [0.4, 0.5) is 0 Å². The molecule has 0 radical (unpaired) electrons. The van der Waals surface area contributed by atoms with Crippen molar-refractivity contribution in [2.24, 2.45) is 0 Å². The number of rotatable bonds is 55. The number of carbonyl (C=O) groups is 1. The topological polar surface area (TPSA) is 89.8 Å². The first-order valence-electron chi connectivity index (χ1n) is 29.5. The summed E-state index contributed by atoms with van der Waals surface area (Å²) in [5.74, 6) is -0.138. The predicted octanol–water partition coefficient (Wildman–Crippen LogP) is 18.3. The van der Waals surface area contributed by atoms with Gasteiger partial charge in [-0.25, -0.2) is 0 Å². The Labute approximate surface area is 401 Å². The highest BCUT2D eigenvalue weighted by molar-refractivity contribution is 5.76. The minimum Gasteiger partial charge on any atom is -0.394 e. The fourth-order valence-corrected chi connectivity index (χ4v) is 9.57. The molecule has 0 fully saturated rings. The number of amides is 1. The minimum atomic E-state index is -1.13. The monoisotopic (exact) mass is 904 g/mol. The smallest absolute Gasteiger partial charge is 0.220 e. The molecule has 0 aliphatic heterocycles. The molecule has 382 valence electrons. The second-order valence-electron chi connectivity index (χ2n) is 20.6. The summed E-state index contributed by atoms with van der Waals surface area (Å²) in [4.78, 5) is 12.5. The van der Waals surface area contributed by atoms with Crippen LogP contribution in [0.3, 0.4) is 0 Å². The van der Waals surface area contributed by atoms with Crippen LogP contribution in [0, 0.1) is 0 Å². The van der Waals surface area contributed by atoms with E-state index in [9.17, 15) is 20.1 Å². The first kappa shape index (κ1) is 63.1. The second-order valence-corrected chi connectivity index (χ2v) is 20.6. The summed E-state index contributed by atoms with van der Waals surface area (Å²) in [6, 6.07) is -0.806. The maximum absolute atomic E-state index is 12.5. The van der Waals surface area contributed by atoms with E-state index in [0.717, 1.165) is 32.1 Å². The fraction of sp³-hybridized carbons (Fsp3) is 0.949. The lowest BCUT2D eigenvalue weighted by Gasteiger charge is -2.26. The van der Waals surface area contributed by atoms with Gasteiger partial charge in [0.25, 0.3) is 0 Å². The van der Waals surface area contributed by atoms with Gasteiger partial charge in [-0.3, -0.25) is 4.79 Å². The van der Waals surface area contributed by atoms with Gasteiger partial charge in [0.15, 0.2) is 0 Å². The number of hydrogen-bond donors (Lipinski definition) is 4. The molecule has 0 heterocycles. The van der Waals surface area contributed by atoms with E-state index in [1.165, 1.54) is 276 Å². The molecular weight excluding hydrogens is 787 g/mol. The van der Waals surface area contributed by atoms with E-state index in [4.69, 9.17) is 0 Å². The SMILES string of the molecule is CCCCCCCCCCCCCC/C=C\CCCCCCCCCCCCCCCCCCC(=O)NC(CO)C(O)C(O)CCCCCCCCCCCCCCCCCCCC. The summed E-state index contributed by atoms with van der Waals surface area (Å²) in [5.41, 5.74) is 0. The fourth-order valence-electron chi connectivity index (χ4n) is 9.57. The second kappa shape index (κ2) is 54.7. The number of allylic oxidation sites excluding steroid dienone is 2. The van der Waals surface area contributed by atoms with E-state index in [-0.39, 0.29) is 12.5 Å². The molecule has 0 bridgehead atoms. The maximum Gasteiger partial charge on any atom is 0.220 e. The molecule has 0 rings (SSSR count). The van der Waals surface area contributed by atoms with Gasteiger partial charge in [0.05, 0.1) is 18.8 Å². The highest BCUT2D eigenvalue weighted by Gasteiger charge is 2.26. The summed E-state index contributed by atoms with van der Waals surface area (Å²) in [6.45, 7) is 4.22. The molecule has 5 nitrogen and oxygen atoms in total. The van der Waals surface area contributed by atoms with Crippen LogP contribution < -0.4 is 5.32 Å². The average Bonchev–Trinajstić information content (AvgIpc) is 3.30. The summed E-state index contributed by atoms with van der Waals surface area (Å²) < 4.78 is 0. The molecule has 0 aromatic heterocycles. The Bertz CT molecular complexity index is 909. The van der Waals surface area contributed by atoms with Crippen LogP contribution in [0.25, 0.3) is 0 Å². The van der Waals surface area contributed by atoms with Gasteiger partial charge in [-0.05, 0) is 38.5 Å². The van der Waals surface area contributed by atoms with Crippen molar-refractivity contribution in [3.05, 3.63) is 12.2 Å². The first-order chi connectivity index (χ1) is 31.6. The van der Waals surface area contributed by atoms with Crippen molar-refractivity contribution in [2.45, 2.75) is 353 Å². The lowest BCUT2D eigenvalue weighted by molar-refractivity contribution is -0.124. The molecule has 0 aromatic carbocycles. The van der Waals surface area contributed by atoms with E-state index in [1.807, 2.05) is 0 Å². The van der Waals surface area contributed by atoms with Gasteiger partial charge in [0.2, 0.25) is 5.91 Å². The number of unbranched alkanes of at least 4 members (excludes halogenated alkanes) is 45. The Hall–Kier alpha value is -0.910. The molecule has 3 unspecified atom stereocenters. The summed E-state index contributed by atoms with van der Waals surface area (Å²) in [7, 11) is 0. The Morgan fingerprint density at radius 3 is 0.906 bits per heavy atom. The Kier molecular flexibility index (Phi) is 53.9. The van der Waals surface area contributed by atoms with Gasteiger partial charge in [-0.2, -0.15) is 0 Å². The van der Waals surface area contributed by atoms with Crippen molar-refractivity contribution >= 4 is 5.91 Å². The van der Waals surface area contributed by atoms with Crippen LogP contribution in [-0.2, 0) is 4.79 Å². The third-order valence-corrected chi connectivity index (χ3v) is 14.1. The summed E-state index contributed by atoms with van der Waals surface area (Å²) in [6.07, 6.45) is 68.1. The van der Waals surface area contributed by atoms with Gasteiger partial charge in [0, 0.05) is 6.42 Å². The van der Waals surface area contributed by atoms with Crippen molar-refractivity contribution in [1.82, 2.24) is 5.32 Å². The molecule has 0 aliphatic rings. The normalized spacial score (nSPS) is 13.3. The molecule has 3 atom stereocenters. The Morgan fingerprint density at radius 2 is 0.625 bits per heavy atom. The molecule has 0 saturated carbocycles. The molecular formula is C59H117NO4. The lowest BCUT2D eigenvalue weighted by atomic mass is 9.99. The van der Waals surface area contributed by atoms with Gasteiger partial charge in [0.1, 0.15) is 6.10 Å². The summed E-state index contributed by atoms with van der Waals surface area (Å²) in [5, 5.41) is 33.8. The molecule has 0 aromatic rings. The van der Waals surface area contributed by atoms with Gasteiger partial charge < -0.3 is 20.6 Å². The van der Waals surface area contributed by atoms with Crippen LogP contribution in [0.5, 0.6) is 0 Å². The van der Waals surface area contributed by atoms with Gasteiger partial charge in [-0.15, -0.1) is 0 Å². The minimum absolute atomic E-state index is 0.138. The molecule has 0 saturated heterocycles. The van der Waals surface area contributed by atoms with Crippen LogP contribution in [-0.4, -0.2) is 46.1 Å². The zero-order chi connectivity index (χ0) is 46.5. The van der Waals surface area contributed by atoms with E-state index >= 15 is 0 Å².